The van der Waals surface area contributed by atoms with Gasteiger partial charge in [0.1, 0.15) is 6.61 Å². The SMILES string of the molecule is CC/C=C\C/C=C\C/C=C\C/C=C\C/C=C\C/C=C\C/C=C\C/C=C\CCCCCCC(=O)OC(COC(=O)CCCCCCCCCCCCCCCCCCCCCC/C=C\C/C=C\C/C=C\C/C=C\C/C=C\C/C=C\CC)COP(=O)(O)OCCN. The van der Waals surface area contributed by atoms with E-state index in [1.807, 2.05) is 0 Å². The van der Waals surface area contributed by atoms with E-state index in [0.29, 0.717) is 6.42 Å². The molecule has 0 aromatic rings. The Morgan fingerprint density at radius 2 is 0.584 bits per heavy atom. The summed E-state index contributed by atoms with van der Waals surface area (Å²) < 4.78 is 33.2. The number of rotatable bonds is 65. The van der Waals surface area contributed by atoms with E-state index >= 15 is 0 Å². The molecule has 0 heterocycles. The van der Waals surface area contributed by atoms with Gasteiger partial charge < -0.3 is 20.1 Å². The number of hydrogen-bond acceptors (Lipinski definition) is 8. The van der Waals surface area contributed by atoms with Crippen molar-refractivity contribution in [1.29, 1.82) is 0 Å². The minimum absolute atomic E-state index is 0.0416. The maximum atomic E-state index is 12.8. The predicted octanol–water partition coefficient (Wildman–Crippen LogP) is 23.7. The number of hydrogen-bond donors (Lipinski definition) is 2. The number of nitrogens with two attached hydrogens (primary N) is 1. The second kappa shape index (κ2) is 72.4. The van der Waals surface area contributed by atoms with Crippen molar-refractivity contribution in [1.82, 2.24) is 0 Å². The second-order valence-electron chi connectivity index (χ2n) is 23.0. The number of esters is 2. The Morgan fingerprint density at radius 3 is 0.865 bits per heavy atom. The minimum Gasteiger partial charge on any atom is -0.462 e. The predicted molar refractivity (Wildman–Crippen MR) is 385 cm³/mol. The van der Waals surface area contributed by atoms with E-state index in [1.165, 1.54) is 116 Å². The van der Waals surface area contributed by atoms with Crippen molar-refractivity contribution in [2.75, 3.05) is 26.4 Å². The molecule has 2 atom stereocenters. The van der Waals surface area contributed by atoms with Crippen molar-refractivity contribution in [3.05, 3.63) is 170 Å². The van der Waals surface area contributed by atoms with Crippen LogP contribution in [-0.4, -0.2) is 49.3 Å². The van der Waals surface area contributed by atoms with Gasteiger partial charge in [0.05, 0.1) is 13.2 Å². The summed E-state index contributed by atoms with van der Waals surface area (Å²) in [6.45, 7) is 3.49. The average Bonchev–Trinajstić information content (AvgIpc) is 3.68. The number of phosphoric acid groups is 1. The molecule has 0 fully saturated rings. The number of ether oxygens (including phenoxy) is 2. The molecular formula is C79H130NO8P. The molecule has 0 amide bonds. The zero-order valence-corrected chi connectivity index (χ0v) is 57.5. The fraction of sp³-hybridized carbons (Fsp3) is 0.620. The van der Waals surface area contributed by atoms with Gasteiger partial charge in [-0.05, 0) is 128 Å². The molecule has 9 nitrogen and oxygen atoms in total. The topological polar surface area (TPSA) is 134 Å². The van der Waals surface area contributed by atoms with Crippen LogP contribution in [0.5, 0.6) is 0 Å². The van der Waals surface area contributed by atoms with Crippen LogP contribution >= 0.6 is 7.82 Å². The lowest BCUT2D eigenvalue weighted by atomic mass is 10.0. The molecule has 89 heavy (non-hydrogen) atoms. The van der Waals surface area contributed by atoms with Crippen LogP contribution in [0.2, 0.25) is 0 Å². The van der Waals surface area contributed by atoms with Crippen molar-refractivity contribution in [2.45, 2.75) is 290 Å². The molecule has 0 radical (unpaired) electrons. The molecule has 0 bridgehead atoms. The summed E-state index contributed by atoms with van der Waals surface area (Å²) in [5.74, 6) is -0.860. The first-order valence-corrected chi connectivity index (χ1v) is 37.1. The first kappa shape index (κ1) is 84.4. The van der Waals surface area contributed by atoms with E-state index in [1.54, 1.807) is 0 Å². The van der Waals surface area contributed by atoms with Crippen LogP contribution in [-0.2, 0) is 32.7 Å². The Hall–Kier alpha value is -4.63. The van der Waals surface area contributed by atoms with E-state index in [2.05, 4.69) is 184 Å². The fourth-order valence-corrected chi connectivity index (χ4v) is 10.2. The Morgan fingerprint density at radius 1 is 0.337 bits per heavy atom. The normalized spacial score (nSPS) is 14.0. The molecule has 504 valence electrons. The molecule has 10 heteroatoms. The standard InChI is InChI=1S/C79H130NO8P/c1-3-5-7-9-11-13-15-17-19-21-23-25-27-29-31-33-34-35-36-37-38-39-40-41-42-44-45-47-49-51-53-55-57-59-61-63-65-67-69-71-78(81)85-75-77(76-87-89(83,84)86-74-73-80)88-79(82)72-70-68-66-64-62-60-58-56-54-52-50-48-46-43-32-30-28-26-24-22-20-18-16-14-12-10-8-6-4-2/h5-8,11-14,17-20,23-26,29-32,34-35,46,48,52,54,58,60,77H,3-4,9-10,15-16,21-22,27-28,33,36-45,47,49-51,53,55-57,59,61-76,80H2,1-2H3,(H,83,84)/b7-5-,8-6-,13-11-,14-12-,19-17-,20-18-,25-23-,26-24-,31-29-,32-30-,35-34-,48-46-,54-52-,60-58-. The maximum Gasteiger partial charge on any atom is 0.472 e. The minimum atomic E-state index is -4.41. The zero-order valence-electron chi connectivity index (χ0n) is 56.6. The highest BCUT2D eigenvalue weighted by atomic mass is 31.2. The highest BCUT2D eigenvalue weighted by molar-refractivity contribution is 7.47. The highest BCUT2D eigenvalue weighted by Gasteiger charge is 2.26. The van der Waals surface area contributed by atoms with Crippen LogP contribution in [0.15, 0.2) is 170 Å². The van der Waals surface area contributed by atoms with E-state index in [4.69, 9.17) is 24.3 Å². The van der Waals surface area contributed by atoms with Gasteiger partial charge in [0.25, 0.3) is 0 Å². The number of phosphoric ester groups is 1. The van der Waals surface area contributed by atoms with Crippen molar-refractivity contribution < 1.29 is 37.6 Å². The fourth-order valence-electron chi connectivity index (χ4n) is 9.42. The first-order chi connectivity index (χ1) is 43.8. The molecule has 3 N–H and O–H groups in total. The molecule has 0 saturated heterocycles. The molecule has 0 aromatic carbocycles. The Balaban J connectivity index is 3.93. The van der Waals surface area contributed by atoms with E-state index in [0.717, 1.165) is 135 Å². The van der Waals surface area contributed by atoms with Gasteiger partial charge in [0.15, 0.2) is 6.10 Å². The smallest absolute Gasteiger partial charge is 0.462 e. The first-order valence-electron chi connectivity index (χ1n) is 35.6. The van der Waals surface area contributed by atoms with Gasteiger partial charge in [-0.1, -0.05) is 312 Å². The van der Waals surface area contributed by atoms with Gasteiger partial charge in [-0.2, -0.15) is 0 Å². The number of allylic oxidation sites excluding steroid dienone is 28. The summed E-state index contributed by atoms with van der Waals surface area (Å²) in [4.78, 5) is 35.4. The lowest BCUT2D eigenvalue weighted by molar-refractivity contribution is -0.161. The third-order valence-corrected chi connectivity index (χ3v) is 15.6. The zero-order chi connectivity index (χ0) is 64.4. The van der Waals surface area contributed by atoms with Crippen LogP contribution in [0, 0.1) is 0 Å². The molecule has 0 rings (SSSR count). The Bertz CT molecular complexity index is 2070. The van der Waals surface area contributed by atoms with Gasteiger partial charge in [0, 0.05) is 19.4 Å². The van der Waals surface area contributed by atoms with Crippen LogP contribution in [0.4, 0.5) is 0 Å². The Labute approximate surface area is 546 Å². The summed E-state index contributed by atoms with van der Waals surface area (Å²) in [5.41, 5.74) is 5.40. The van der Waals surface area contributed by atoms with Crippen molar-refractivity contribution in [3.63, 3.8) is 0 Å². The molecule has 0 saturated carbocycles. The molecule has 2 unspecified atom stereocenters. The number of unbranched alkanes of at least 4 members (excludes halogenated alkanes) is 24. The molecule has 0 aliphatic rings. The number of carbonyl (C=O) groups excluding carboxylic acids is 2. The van der Waals surface area contributed by atoms with Crippen molar-refractivity contribution >= 4 is 19.8 Å². The van der Waals surface area contributed by atoms with Gasteiger partial charge >= 0.3 is 19.8 Å². The lowest BCUT2D eigenvalue weighted by Crippen LogP contribution is -2.29. The number of carbonyl (C=O) groups is 2. The summed E-state index contributed by atoms with van der Waals surface area (Å²) in [6, 6.07) is 0. The van der Waals surface area contributed by atoms with E-state index in [-0.39, 0.29) is 32.6 Å². The summed E-state index contributed by atoms with van der Waals surface area (Å²) in [6.07, 6.45) is 107. The lowest BCUT2D eigenvalue weighted by Gasteiger charge is -2.19. The molecule has 0 aromatic heterocycles. The molecular weight excluding hydrogens is 1120 g/mol. The highest BCUT2D eigenvalue weighted by Crippen LogP contribution is 2.43. The van der Waals surface area contributed by atoms with Gasteiger partial charge in [-0.15, -0.1) is 0 Å². The van der Waals surface area contributed by atoms with Crippen molar-refractivity contribution in [2.24, 2.45) is 5.73 Å². The summed E-state index contributed by atoms with van der Waals surface area (Å²) >= 11 is 0. The average molecular weight is 1250 g/mol. The van der Waals surface area contributed by atoms with Crippen LogP contribution in [0.25, 0.3) is 0 Å². The second-order valence-corrected chi connectivity index (χ2v) is 24.4. The van der Waals surface area contributed by atoms with Crippen molar-refractivity contribution in [3.8, 4) is 0 Å². The van der Waals surface area contributed by atoms with Crippen LogP contribution in [0.3, 0.4) is 0 Å². The van der Waals surface area contributed by atoms with E-state index in [9.17, 15) is 19.0 Å². The third-order valence-electron chi connectivity index (χ3n) is 14.6. The van der Waals surface area contributed by atoms with Gasteiger partial charge in [0.2, 0.25) is 0 Å². The largest absolute Gasteiger partial charge is 0.472 e. The summed E-state index contributed by atoms with van der Waals surface area (Å²) in [7, 11) is -4.41. The molecule has 0 spiro atoms. The van der Waals surface area contributed by atoms with Gasteiger partial charge in [-0.25, -0.2) is 4.57 Å². The van der Waals surface area contributed by atoms with Crippen LogP contribution < -0.4 is 5.73 Å². The third kappa shape index (κ3) is 72.3. The van der Waals surface area contributed by atoms with E-state index < -0.39 is 32.5 Å². The molecule has 0 aliphatic carbocycles. The molecule has 0 aliphatic heterocycles. The van der Waals surface area contributed by atoms with Crippen LogP contribution in [0.1, 0.15) is 284 Å². The quantitative estimate of drug-likeness (QED) is 0.0264. The van der Waals surface area contributed by atoms with Gasteiger partial charge in [-0.3, -0.25) is 18.6 Å². The Kier molecular flexibility index (Phi) is 68.7. The maximum absolute atomic E-state index is 12.8. The summed E-state index contributed by atoms with van der Waals surface area (Å²) in [5, 5.41) is 0. The monoisotopic (exact) mass is 1250 g/mol.